The molecule has 2 aliphatic rings. The second kappa shape index (κ2) is 4.58. The van der Waals surface area contributed by atoms with Gasteiger partial charge in [0.1, 0.15) is 0 Å². The highest BCUT2D eigenvalue weighted by Gasteiger charge is 2.46. The molecule has 0 bridgehead atoms. The molecule has 2 atom stereocenters. The standard InChI is InChI=1S/C13H24N2O2/c1-12(6-4-3-5-7-12)15-11(16)13(2)9-17-8-10(13)14/h10H,3-9,14H2,1-2H3,(H,15,16). The fourth-order valence-electron chi connectivity index (χ4n) is 2.80. The number of carbonyl (C=O) groups is 1. The van der Waals surface area contributed by atoms with E-state index in [9.17, 15) is 4.79 Å². The number of nitrogens with two attached hydrogens (primary N) is 1. The smallest absolute Gasteiger partial charge is 0.230 e. The molecule has 4 nitrogen and oxygen atoms in total. The molecule has 0 radical (unpaired) electrons. The van der Waals surface area contributed by atoms with Crippen LogP contribution in [0.3, 0.4) is 0 Å². The first-order chi connectivity index (χ1) is 7.96. The van der Waals surface area contributed by atoms with Gasteiger partial charge in [0.25, 0.3) is 0 Å². The Kier molecular flexibility index (Phi) is 3.46. The number of hydrogen-bond acceptors (Lipinski definition) is 3. The molecule has 2 rings (SSSR count). The van der Waals surface area contributed by atoms with E-state index in [1.54, 1.807) is 0 Å². The molecule has 2 unspecified atom stereocenters. The van der Waals surface area contributed by atoms with Crippen LogP contribution in [-0.4, -0.2) is 30.7 Å². The molecule has 98 valence electrons. The van der Waals surface area contributed by atoms with Crippen molar-refractivity contribution in [3.8, 4) is 0 Å². The lowest BCUT2D eigenvalue weighted by Gasteiger charge is -2.38. The molecular weight excluding hydrogens is 216 g/mol. The Morgan fingerprint density at radius 1 is 1.29 bits per heavy atom. The molecule has 17 heavy (non-hydrogen) atoms. The number of ether oxygens (including phenoxy) is 1. The summed E-state index contributed by atoms with van der Waals surface area (Å²) in [5.41, 5.74) is 5.38. The van der Waals surface area contributed by atoms with Crippen molar-refractivity contribution >= 4 is 5.91 Å². The van der Waals surface area contributed by atoms with Gasteiger partial charge in [0.2, 0.25) is 5.91 Å². The Hall–Kier alpha value is -0.610. The molecule has 0 aromatic carbocycles. The van der Waals surface area contributed by atoms with E-state index in [2.05, 4.69) is 12.2 Å². The summed E-state index contributed by atoms with van der Waals surface area (Å²) < 4.78 is 5.33. The molecule has 2 fully saturated rings. The van der Waals surface area contributed by atoms with E-state index in [0.29, 0.717) is 13.2 Å². The highest BCUT2D eigenvalue weighted by atomic mass is 16.5. The van der Waals surface area contributed by atoms with Gasteiger partial charge in [-0.2, -0.15) is 0 Å². The van der Waals surface area contributed by atoms with Gasteiger partial charge in [0.15, 0.2) is 0 Å². The topological polar surface area (TPSA) is 64.3 Å². The maximum absolute atomic E-state index is 12.4. The number of nitrogens with one attached hydrogen (secondary N) is 1. The van der Waals surface area contributed by atoms with Gasteiger partial charge in [-0.3, -0.25) is 4.79 Å². The minimum atomic E-state index is -0.555. The Labute approximate surface area is 103 Å². The van der Waals surface area contributed by atoms with Crippen molar-refractivity contribution in [3.05, 3.63) is 0 Å². The van der Waals surface area contributed by atoms with E-state index in [1.807, 2.05) is 6.92 Å². The third kappa shape index (κ3) is 2.47. The van der Waals surface area contributed by atoms with Crippen molar-refractivity contribution in [1.82, 2.24) is 5.32 Å². The van der Waals surface area contributed by atoms with Crippen LogP contribution in [0, 0.1) is 5.41 Å². The summed E-state index contributed by atoms with van der Waals surface area (Å²) in [5.74, 6) is 0.0619. The normalized spacial score (nSPS) is 36.8. The van der Waals surface area contributed by atoms with Gasteiger partial charge in [-0.1, -0.05) is 19.3 Å². The molecule has 3 N–H and O–H groups in total. The third-order valence-electron chi connectivity index (χ3n) is 4.41. The quantitative estimate of drug-likeness (QED) is 0.762. The number of amides is 1. The van der Waals surface area contributed by atoms with Gasteiger partial charge in [-0.25, -0.2) is 0 Å². The summed E-state index contributed by atoms with van der Waals surface area (Å²) in [5, 5.41) is 3.21. The first kappa shape index (κ1) is 12.8. The van der Waals surface area contributed by atoms with Crippen molar-refractivity contribution in [2.75, 3.05) is 13.2 Å². The van der Waals surface area contributed by atoms with E-state index in [0.717, 1.165) is 12.8 Å². The fraction of sp³-hybridized carbons (Fsp3) is 0.923. The SMILES string of the molecule is CC1(NC(=O)C2(C)COCC2N)CCCCC1. The average molecular weight is 240 g/mol. The van der Waals surface area contributed by atoms with Crippen molar-refractivity contribution in [1.29, 1.82) is 0 Å². The second-order valence-corrected chi connectivity index (χ2v) is 6.11. The molecule has 1 saturated heterocycles. The van der Waals surface area contributed by atoms with Crippen LogP contribution in [0.25, 0.3) is 0 Å². The van der Waals surface area contributed by atoms with Gasteiger partial charge in [-0.15, -0.1) is 0 Å². The molecule has 0 aromatic heterocycles. The molecule has 1 saturated carbocycles. The van der Waals surface area contributed by atoms with Gasteiger partial charge >= 0.3 is 0 Å². The Bertz CT molecular complexity index is 300. The fourth-order valence-corrected chi connectivity index (χ4v) is 2.80. The molecule has 1 aliphatic heterocycles. The summed E-state index contributed by atoms with van der Waals surface area (Å²) in [4.78, 5) is 12.4. The molecule has 1 heterocycles. The highest BCUT2D eigenvalue weighted by Crippen LogP contribution is 2.32. The largest absolute Gasteiger partial charge is 0.379 e. The first-order valence-corrected chi connectivity index (χ1v) is 6.62. The maximum atomic E-state index is 12.4. The van der Waals surface area contributed by atoms with Crippen molar-refractivity contribution in [2.24, 2.45) is 11.1 Å². The van der Waals surface area contributed by atoms with E-state index in [4.69, 9.17) is 10.5 Å². The summed E-state index contributed by atoms with van der Waals surface area (Å²) in [6.07, 6.45) is 5.84. The molecule has 1 aliphatic carbocycles. The van der Waals surface area contributed by atoms with Gasteiger partial charge in [0.05, 0.1) is 18.6 Å². The van der Waals surface area contributed by atoms with E-state index < -0.39 is 5.41 Å². The van der Waals surface area contributed by atoms with E-state index in [-0.39, 0.29) is 17.5 Å². The van der Waals surface area contributed by atoms with Crippen LogP contribution in [0.1, 0.15) is 46.0 Å². The summed E-state index contributed by atoms with van der Waals surface area (Å²) in [7, 11) is 0. The Morgan fingerprint density at radius 3 is 2.47 bits per heavy atom. The van der Waals surface area contributed by atoms with Crippen LogP contribution >= 0.6 is 0 Å². The van der Waals surface area contributed by atoms with Crippen molar-refractivity contribution in [3.63, 3.8) is 0 Å². The molecule has 4 heteroatoms. The first-order valence-electron chi connectivity index (χ1n) is 6.62. The van der Waals surface area contributed by atoms with Crippen LogP contribution in [0.15, 0.2) is 0 Å². The van der Waals surface area contributed by atoms with E-state index >= 15 is 0 Å². The van der Waals surface area contributed by atoms with Crippen molar-refractivity contribution in [2.45, 2.75) is 57.5 Å². The van der Waals surface area contributed by atoms with Crippen LogP contribution in [0.2, 0.25) is 0 Å². The maximum Gasteiger partial charge on any atom is 0.230 e. The van der Waals surface area contributed by atoms with Crippen molar-refractivity contribution < 1.29 is 9.53 Å². The van der Waals surface area contributed by atoms with Gasteiger partial charge in [0, 0.05) is 11.6 Å². The molecule has 1 amide bonds. The lowest BCUT2D eigenvalue weighted by molar-refractivity contribution is -0.133. The summed E-state index contributed by atoms with van der Waals surface area (Å²) >= 11 is 0. The monoisotopic (exact) mass is 240 g/mol. The Morgan fingerprint density at radius 2 is 1.94 bits per heavy atom. The molecular formula is C13H24N2O2. The van der Waals surface area contributed by atoms with Gasteiger partial charge < -0.3 is 15.8 Å². The number of carbonyl (C=O) groups excluding carboxylic acids is 1. The average Bonchev–Trinajstić information content (AvgIpc) is 2.61. The minimum Gasteiger partial charge on any atom is -0.379 e. The number of rotatable bonds is 2. The van der Waals surface area contributed by atoms with Crippen LogP contribution in [0.4, 0.5) is 0 Å². The summed E-state index contributed by atoms with van der Waals surface area (Å²) in [6.45, 7) is 4.98. The zero-order chi connectivity index (χ0) is 12.5. The molecule has 0 aromatic rings. The lowest BCUT2D eigenvalue weighted by Crippen LogP contribution is -2.56. The van der Waals surface area contributed by atoms with E-state index in [1.165, 1.54) is 19.3 Å². The highest BCUT2D eigenvalue weighted by molar-refractivity contribution is 5.84. The summed E-state index contributed by atoms with van der Waals surface area (Å²) in [6, 6.07) is -0.185. The molecule has 0 spiro atoms. The predicted molar refractivity (Wildman–Crippen MR) is 66.5 cm³/mol. The number of hydrogen-bond donors (Lipinski definition) is 2. The Balaban J connectivity index is 2.00. The predicted octanol–water partition coefficient (Wildman–Crippen LogP) is 1.19. The van der Waals surface area contributed by atoms with Crippen LogP contribution in [-0.2, 0) is 9.53 Å². The van der Waals surface area contributed by atoms with Crippen LogP contribution < -0.4 is 11.1 Å². The zero-order valence-corrected chi connectivity index (χ0v) is 10.9. The zero-order valence-electron chi connectivity index (χ0n) is 10.9. The van der Waals surface area contributed by atoms with Gasteiger partial charge in [-0.05, 0) is 26.7 Å². The lowest BCUT2D eigenvalue weighted by atomic mass is 9.80. The third-order valence-corrected chi connectivity index (χ3v) is 4.41. The minimum absolute atomic E-state index is 0.0410. The van der Waals surface area contributed by atoms with Crippen LogP contribution in [0.5, 0.6) is 0 Å². The second-order valence-electron chi connectivity index (χ2n) is 6.11.